The molecule has 0 radical (unpaired) electrons. The molecule has 0 spiro atoms. The summed E-state index contributed by atoms with van der Waals surface area (Å²) >= 11 is 1.66. The van der Waals surface area contributed by atoms with E-state index in [1.165, 1.54) is 12.1 Å². The molecule has 7 heteroatoms. The van der Waals surface area contributed by atoms with Gasteiger partial charge in [-0.2, -0.15) is 0 Å². The van der Waals surface area contributed by atoms with Gasteiger partial charge in [-0.3, -0.25) is 4.79 Å². The number of phenolic OH excluding ortho intramolecular Hbond substituents is 1. The second-order valence-corrected chi connectivity index (χ2v) is 7.47. The second kappa shape index (κ2) is 7.28. The molecular formula is C21H18N4O2S. The lowest BCUT2D eigenvalue weighted by Crippen LogP contribution is -2.22. The average molecular weight is 390 g/mol. The summed E-state index contributed by atoms with van der Waals surface area (Å²) in [5.74, 6) is 0.0979. The van der Waals surface area contributed by atoms with Gasteiger partial charge in [-0.05, 0) is 59.8 Å². The number of nitrogen functional groups attached to an aromatic ring is 1. The van der Waals surface area contributed by atoms with Gasteiger partial charge in [-0.1, -0.05) is 12.1 Å². The predicted molar refractivity (Wildman–Crippen MR) is 111 cm³/mol. The number of nitrogens with one attached hydrogen (secondary N) is 1. The molecule has 4 N–H and O–H groups in total. The maximum atomic E-state index is 12.3. The molecule has 4 aromatic rings. The first-order chi connectivity index (χ1) is 13.5. The van der Waals surface area contributed by atoms with Crippen LogP contribution in [0.2, 0.25) is 0 Å². The van der Waals surface area contributed by atoms with Gasteiger partial charge in [0, 0.05) is 23.0 Å². The summed E-state index contributed by atoms with van der Waals surface area (Å²) in [6, 6.07) is 14.3. The lowest BCUT2D eigenvalue weighted by molar-refractivity contribution is 0.0950. The van der Waals surface area contributed by atoms with Crippen LogP contribution in [-0.4, -0.2) is 21.0 Å². The molecule has 1 amide bonds. The van der Waals surface area contributed by atoms with Crippen LogP contribution in [0.4, 0.5) is 5.95 Å². The number of aromatic nitrogens is 2. The molecule has 0 bridgehead atoms. The van der Waals surface area contributed by atoms with Crippen molar-refractivity contribution in [3.63, 3.8) is 0 Å². The highest BCUT2D eigenvalue weighted by Crippen LogP contribution is 2.37. The molecule has 0 aliphatic rings. The average Bonchev–Trinajstić information content (AvgIpc) is 3.02. The Morgan fingerprint density at radius 1 is 1.21 bits per heavy atom. The van der Waals surface area contributed by atoms with Crippen molar-refractivity contribution in [3.8, 4) is 16.3 Å². The largest absolute Gasteiger partial charge is 0.508 e. The van der Waals surface area contributed by atoms with E-state index in [1.807, 2.05) is 12.1 Å². The molecule has 4 rings (SSSR count). The lowest BCUT2D eigenvalue weighted by Gasteiger charge is -2.06. The van der Waals surface area contributed by atoms with Gasteiger partial charge >= 0.3 is 0 Å². The molecule has 0 saturated heterocycles. The molecule has 0 fully saturated rings. The van der Waals surface area contributed by atoms with Crippen molar-refractivity contribution in [2.45, 2.75) is 13.5 Å². The number of benzene rings is 2. The Hall–Kier alpha value is -3.45. The van der Waals surface area contributed by atoms with Crippen LogP contribution in [0.3, 0.4) is 0 Å². The van der Waals surface area contributed by atoms with E-state index < -0.39 is 0 Å². The molecule has 2 aromatic carbocycles. The number of carbonyl (C=O) groups is 1. The number of aromatic hydroxyl groups is 1. The molecule has 140 valence electrons. The highest BCUT2D eigenvalue weighted by Gasteiger charge is 2.13. The number of anilines is 1. The fourth-order valence-corrected chi connectivity index (χ4v) is 4.21. The maximum absolute atomic E-state index is 12.3. The molecule has 0 aliphatic heterocycles. The first-order valence-electron chi connectivity index (χ1n) is 8.69. The van der Waals surface area contributed by atoms with Gasteiger partial charge in [0.05, 0.1) is 10.6 Å². The standard InChI is InChI=1S/C21H18N4O2S/c1-12-16-9-13(11-24-20(27)14-3-2-4-15(26)10-14)5-6-18(16)28-19(12)17-7-8-23-21(22)25-17/h2-10,26H,11H2,1H3,(H,24,27)(H2,22,23,25). The van der Waals surface area contributed by atoms with E-state index in [2.05, 4.69) is 34.3 Å². The molecule has 2 heterocycles. The Bertz CT molecular complexity index is 1190. The van der Waals surface area contributed by atoms with Crippen molar-refractivity contribution in [1.29, 1.82) is 0 Å². The first-order valence-corrected chi connectivity index (χ1v) is 9.51. The molecule has 6 nitrogen and oxygen atoms in total. The molecule has 0 atom stereocenters. The molecule has 0 unspecified atom stereocenters. The van der Waals surface area contributed by atoms with Crippen molar-refractivity contribution in [2.24, 2.45) is 0 Å². The minimum Gasteiger partial charge on any atom is -0.508 e. The van der Waals surface area contributed by atoms with Gasteiger partial charge in [-0.25, -0.2) is 9.97 Å². The van der Waals surface area contributed by atoms with Gasteiger partial charge in [0.2, 0.25) is 5.95 Å². The predicted octanol–water partition coefficient (Wildman–Crippen LogP) is 3.88. The summed E-state index contributed by atoms with van der Waals surface area (Å²) in [4.78, 5) is 21.6. The number of phenols is 1. The first kappa shape index (κ1) is 17.9. The number of hydrogen-bond donors (Lipinski definition) is 3. The third kappa shape index (κ3) is 3.52. The number of aryl methyl sites for hydroxylation is 1. The zero-order chi connectivity index (χ0) is 19.7. The fraction of sp³-hybridized carbons (Fsp3) is 0.0952. The maximum Gasteiger partial charge on any atom is 0.251 e. The second-order valence-electron chi connectivity index (χ2n) is 6.42. The molecule has 0 aliphatic carbocycles. The van der Waals surface area contributed by atoms with Crippen LogP contribution < -0.4 is 11.1 Å². The number of nitrogens with two attached hydrogens (primary N) is 1. The fourth-order valence-electron chi connectivity index (χ4n) is 3.05. The number of rotatable bonds is 4. The van der Waals surface area contributed by atoms with E-state index >= 15 is 0 Å². The van der Waals surface area contributed by atoms with Crippen molar-refractivity contribution < 1.29 is 9.90 Å². The highest BCUT2D eigenvalue weighted by atomic mass is 32.1. The van der Waals surface area contributed by atoms with Crippen LogP contribution in [-0.2, 0) is 6.54 Å². The van der Waals surface area contributed by atoms with Crippen molar-refractivity contribution >= 4 is 33.3 Å². The minimum atomic E-state index is -0.227. The van der Waals surface area contributed by atoms with Crippen LogP contribution in [0.15, 0.2) is 54.7 Å². The van der Waals surface area contributed by atoms with Gasteiger partial charge in [0.25, 0.3) is 5.91 Å². The number of amides is 1. The van der Waals surface area contributed by atoms with E-state index in [4.69, 9.17) is 5.73 Å². The van der Waals surface area contributed by atoms with E-state index in [1.54, 1.807) is 29.7 Å². The number of hydrogen-bond acceptors (Lipinski definition) is 6. The number of nitrogens with zero attached hydrogens (tertiary/aromatic N) is 2. The Kier molecular flexibility index (Phi) is 4.67. The Labute approximate surface area is 165 Å². The van der Waals surface area contributed by atoms with Crippen LogP contribution in [0.25, 0.3) is 20.7 Å². The van der Waals surface area contributed by atoms with Gasteiger partial charge in [0.1, 0.15) is 5.75 Å². The van der Waals surface area contributed by atoms with E-state index in [0.717, 1.165) is 31.8 Å². The summed E-state index contributed by atoms with van der Waals surface area (Å²) in [6.45, 7) is 2.46. The lowest BCUT2D eigenvalue weighted by atomic mass is 10.1. The summed E-state index contributed by atoms with van der Waals surface area (Å²) < 4.78 is 1.15. The number of thiophene rings is 1. The molecular weight excluding hydrogens is 372 g/mol. The van der Waals surface area contributed by atoms with Gasteiger partial charge in [-0.15, -0.1) is 11.3 Å². The monoisotopic (exact) mass is 390 g/mol. The smallest absolute Gasteiger partial charge is 0.251 e. The quantitative estimate of drug-likeness (QED) is 0.491. The van der Waals surface area contributed by atoms with Crippen LogP contribution >= 0.6 is 11.3 Å². The Morgan fingerprint density at radius 3 is 2.86 bits per heavy atom. The van der Waals surface area contributed by atoms with Crippen molar-refractivity contribution in [1.82, 2.24) is 15.3 Å². The van der Waals surface area contributed by atoms with Crippen LogP contribution in [0.5, 0.6) is 5.75 Å². The summed E-state index contributed by atoms with van der Waals surface area (Å²) in [5, 5.41) is 13.5. The number of fused-ring (bicyclic) bond motifs is 1. The minimum absolute atomic E-state index is 0.0702. The number of carbonyl (C=O) groups excluding carboxylic acids is 1. The van der Waals surface area contributed by atoms with Crippen molar-refractivity contribution in [3.05, 3.63) is 71.4 Å². The third-order valence-corrected chi connectivity index (χ3v) is 5.76. The third-order valence-electron chi connectivity index (χ3n) is 4.47. The van der Waals surface area contributed by atoms with E-state index in [0.29, 0.717) is 12.1 Å². The Morgan fingerprint density at radius 2 is 2.07 bits per heavy atom. The molecule has 0 saturated carbocycles. The zero-order valence-electron chi connectivity index (χ0n) is 15.1. The van der Waals surface area contributed by atoms with Crippen LogP contribution in [0.1, 0.15) is 21.5 Å². The highest BCUT2D eigenvalue weighted by molar-refractivity contribution is 7.22. The summed E-state index contributed by atoms with van der Waals surface area (Å²) in [5.41, 5.74) is 9.07. The summed E-state index contributed by atoms with van der Waals surface area (Å²) in [7, 11) is 0. The summed E-state index contributed by atoms with van der Waals surface area (Å²) in [6.07, 6.45) is 1.66. The van der Waals surface area contributed by atoms with Gasteiger partial charge in [0.15, 0.2) is 0 Å². The van der Waals surface area contributed by atoms with Crippen molar-refractivity contribution in [2.75, 3.05) is 5.73 Å². The molecule has 2 aromatic heterocycles. The SMILES string of the molecule is Cc1c(-c2ccnc(N)n2)sc2ccc(CNC(=O)c3cccc(O)c3)cc12. The molecule has 28 heavy (non-hydrogen) atoms. The van der Waals surface area contributed by atoms with Gasteiger partial charge < -0.3 is 16.2 Å². The zero-order valence-corrected chi connectivity index (χ0v) is 16.0. The van der Waals surface area contributed by atoms with E-state index in [9.17, 15) is 9.90 Å². The van der Waals surface area contributed by atoms with Crippen LogP contribution in [0, 0.1) is 6.92 Å². The van der Waals surface area contributed by atoms with E-state index in [-0.39, 0.29) is 17.6 Å². The normalized spacial score (nSPS) is 10.9. The topological polar surface area (TPSA) is 101 Å². The Balaban J connectivity index is 1.58.